The lowest BCUT2D eigenvalue weighted by molar-refractivity contribution is -0.117. The van der Waals surface area contributed by atoms with Crippen LogP contribution in [-0.2, 0) is 4.79 Å². The van der Waals surface area contributed by atoms with Gasteiger partial charge in [-0.25, -0.2) is 4.39 Å². The van der Waals surface area contributed by atoms with E-state index in [0.29, 0.717) is 24.4 Å². The maximum Gasteiger partial charge on any atom is 0.228 e. The molecule has 18 heavy (non-hydrogen) atoms. The number of halogens is 2. The maximum absolute atomic E-state index is 13.4. The van der Waals surface area contributed by atoms with E-state index < -0.39 is 5.82 Å². The topological polar surface area (TPSA) is 29.5 Å². The average Bonchev–Trinajstić information content (AvgIpc) is 2.73. The molecule has 1 aliphatic heterocycles. The Morgan fingerprint density at radius 1 is 1.61 bits per heavy atom. The maximum atomic E-state index is 13.4. The Morgan fingerprint density at radius 3 is 2.89 bits per heavy atom. The molecular weight excluding hydrogens is 301 g/mol. The fourth-order valence-corrected chi connectivity index (χ4v) is 2.28. The Hall–Kier alpha value is -1.54. The van der Waals surface area contributed by atoms with Gasteiger partial charge in [-0.1, -0.05) is 0 Å². The Balaban J connectivity index is 2.42. The van der Waals surface area contributed by atoms with Crippen LogP contribution in [0.1, 0.15) is 6.42 Å². The van der Waals surface area contributed by atoms with Gasteiger partial charge in [0.25, 0.3) is 0 Å². The fraction of sp³-hybridized carbons (Fsp3) is 0.308. The number of rotatable bonds is 2. The Labute approximate surface area is 113 Å². The first kappa shape index (κ1) is 12.9. The highest BCUT2D eigenvalue weighted by atomic mass is 79.9. The van der Waals surface area contributed by atoms with Crippen molar-refractivity contribution in [3.05, 3.63) is 22.4 Å². The Kier molecular flexibility index (Phi) is 3.58. The highest BCUT2D eigenvalue weighted by Gasteiger charge is 2.31. The second kappa shape index (κ2) is 4.99. The molecule has 1 atom stereocenters. The van der Waals surface area contributed by atoms with E-state index in [0.717, 1.165) is 0 Å². The third-order valence-electron chi connectivity index (χ3n) is 2.87. The number of benzene rings is 1. The number of amides is 1. The molecule has 1 aromatic rings. The quantitative estimate of drug-likeness (QED) is 0.786. The van der Waals surface area contributed by atoms with Crippen LogP contribution in [0, 0.1) is 24.1 Å². The summed E-state index contributed by atoms with van der Waals surface area (Å²) in [5.74, 6) is 2.28. The van der Waals surface area contributed by atoms with Crippen LogP contribution in [0.5, 0.6) is 5.75 Å². The summed E-state index contributed by atoms with van der Waals surface area (Å²) in [5.41, 5.74) is 0.536. The average molecular weight is 312 g/mol. The van der Waals surface area contributed by atoms with Gasteiger partial charge in [-0.2, -0.15) is 0 Å². The van der Waals surface area contributed by atoms with Crippen molar-refractivity contribution >= 4 is 27.5 Å². The molecule has 0 radical (unpaired) electrons. The van der Waals surface area contributed by atoms with Crippen LogP contribution < -0.4 is 9.64 Å². The first-order valence-electron chi connectivity index (χ1n) is 5.36. The molecule has 0 aromatic heterocycles. The predicted octanol–water partition coefficient (Wildman–Crippen LogP) is 2.58. The summed E-state index contributed by atoms with van der Waals surface area (Å²) < 4.78 is 18.8. The van der Waals surface area contributed by atoms with Crippen LogP contribution in [0.2, 0.25) is 0 Å². The van der Waals surface area contributed by atoms with E-state index in [1.54, 1.807) is 0 Å². The van der Waals surface area contributed by atoms with Gasteiger partial charge in [-0.15, -0.1) is 12.3 Å². The van der Waals surface area contributed by atoms with Gasteiger partial charge in [0.05, 0.1) is 17.3 Å². The van der Waals surface area contributed by atoms with Gasteiger partial charge in [0, 0.05) is 24.9 Å². The van der Waals surface area contributed by atoms with Gasteiger partial charge in [0.15, 0.2) is 0 Å². The minimum absolute atomic E-state index is 0.0743. The zero-order valence-corrected chi connectivity index (χ0v) is 11.3. The molecule has 1 aliphatic rings. The van der Waals surface area contributed by atoms with Crippen LogP contribution >= 0.6 is 15.9 Å². The van der Waals surface area contributed by atoms with Crippen molar-refractivity contribution in [1.82, 2.24) is 0 Å². The van der Waals surface area contributed by atoms with Crippen molar-refractivity contribution in [2.24, 2.45) is 5.92 Å². The SMILES string of the molecule is C#CC1CC(=O)N(c2cc(Br)c(F)cc2OC)C1. The van der Waals surface area contributed by atoms with Crippen LogP contribution in [0.15, 0.2) is 16.6 Å². The highest BCUT2D eigenvalue weighted by molar-refractivity contribution is 9.10. The normalized spacial score (nSPS) is 18.9. The summed E-state index contributed by atoms with van der Waals surface area (Å²) in [5, 5.41) is 0. The van der Waals surface area contributed by atoms with Gasteiger partial charge in [0.1, 0.15) is 11.6 Å². The van der Waals surface area contributed by atoms with Gasteiger partial charge in [-0.3, -0.25) is 4.79 Å². The summed E-state index contributed by atoms with van der Waals surface area (Å²) in [6.07, 6.45) is 5.65. The van der Waals surface area contributed by atoms with Crippen molar-refractivity contribution in [2.75, 3.05) is 18.6 Å². The summed E-state index contributed by atoms with van der Waals surface area (Å²) in [6, 6.07) is 2.78. The molecule has 0 saturated carbocycles. The second-order valence-corrected chi connectivity index (χ2v) is 4.86. The van der Waals surface area contributed by atoms with Gasteiger partial charge in [-0.05, 0) is 22.0 Å². The van der Waals surface area contributed by atoms with E-state index in [2.05, 4.69) is 21.9 Å². The molecule has 0 spiro atoms. The second-order valence-electron chi connectivity index (χ2n) is 4.01. The van der Waals surface area contributed by atoms with E-state index in [1.165, 1.54) is 24.1 Å². The zero-order chi connectivity index (χ0) is 13.3. The molecule has 1 aromatic carbocycles. The van der Waals surface area contributed by atoms with Crippen molar-refractivity contribution < 1.29 is 13.9 Å². The number of carbonyl (C=O) groups excluding carboxylic acids is 1. The van der Waals surface area contributed by atoms with E-state index in [-0.39, 0.29) is 16.3 Å². The number of ether oxygens (including phenoxy) is 1. The molecule has 1 unspecified atom stereocenters. The molecule has 94 valence electrons. The van der Waals surface area contributed by atoms with Crippen molar-refractivity contribution in [3.63, 3.8) is 0 Å². The lowest BCUT2D eigenvalue weighted by Crippen LogP contribution is -2.25. The number of methoxy groups -OCH3 is 1. The van der Waals surface area contributed by atoms with Crippen molar-refractivity contribution in [2.45, 2.75) is 6.42 Å². The minimum Gasteiger partial charge on any atom is -0.494 e. The number of terminal acetylenes is 1. The monoisotopic (exact) mass is 311 g/mol. The number of hydrogen-bond acceptors (Lipinski definition) is 2. The highest BCUT2D eigenvalue weighted by Crippen LogP contribution is 2.36. The largest absolute Gasteiger partial charge is 0.494 e. The first-order valence-corrected chi connectivity index (χ1v) is 6.15. The Morgan fingerprint density at radius 2 is 2.33 bits per heavy atom. The number of anilines is 1. The molecule has 1 amide bonds. The molecular formula is C13H11BrFNO2. The predicted molar refractivity (Wildman–Crippen MR) is 69.9 cm³/mol. The first-order chi connectivity index (χ1) is 8.56. The molecule has 3 nitrogen and oxygen atoms in total. The molecule has 2 rings (SSSR count). The standard InChI is InChI=1S/C13H11BrFNO2/c1-3-8-4-13(17)16(7-8)11-5-9(14)10(15)6-12(11)18-2/h1,5-6,8H,4,7H2,2H3. The molecule has 5 heteroatoms. The van der Waals surface area contributed by atoms with Crippen LogP contribution in [0.4, 0.5) is 10.1 Å². The van der Waals surface area contributed by atoms with Crippen LogP contribution in [-0.4, -0.2) is 19.6 Å². The molecule has 0 bridgehead atoms. The van der Waals surface area contributed by atoms with Crippen molar-refractivity contribution in [3.8, 4) is 18.1 Å². The number of nitrogens with zero attached hydrogens (tertiary/aromatic N) is 1. The van der Waals surface area contributed by atoms with Crippen LogP contribution in [0.25, 0.3) is 0 Å². The number of carbonyl (C=O) groups is 1. The lowest BCUT2D eigenvalue weighted by atomic mass is 10.1. The smallest absolute Gasteiger partial charge is 0.228 e. The molecule has 1 heterocycles. The summed E-state index contributed by atoms with van der Waals surface area (Å²) in [4.78, 5) is 13.4. The van der Waals surface area contributed by atoms with E-state index in [1.807, 2.05) is 0 Å². The summed E-state index contributed by atoms with van der Waals surface area (Å²) in [7, 11) is 1.44. The zero-order valence-electron chi connectivity index (χ0n) is 9.74. The summed E-state index contributed by atoms with van der Waals surface area (Å²) in [6.45, 7) is 0.434. The third-order valence-corrected chi connectivity index (χ3v) is 3.48. The van der Waals surface area contributed by atoms with Gasteiger partial charge >= 0.3 is 0 Å². The van der Waals surface area contributed by atoms with Crippen molar-refractivity contribution in [1.29, 1.82) is 0 Å². The molecule has 1 saturated heterocycles. The van der Waals surface area contributed by atoms with E-state index in [4.69, 9.17) is 11.2 Å². The summed E-state index contributed by atoms with van der Waals surface area (Å²) >= 11 is 3.10. The van der Waals surface area contributed by atoms with Crippen LogP contribution in [0.3, 0.4) is 0 Å². The number of hydrogen-bond donors (Lipinski definition) is 0. The molecule has 0 aliphatic carbocycles. The van der Waals surface area contributed by atoms with E-state index >= 15 is 0 Å². The fourth-order valence-electron chi connectivity index (χ4n) is 1.94. The molecule has 0 N–H and O–H groups in total. The van der Waals surface area contributed by atoms with Gasteiger partial charge in [0.2, 0.25) is 5.91 Å². The third kappa shape index (κ3) is 2.21. The Bertz CT molecular complexity index is 539. The molecule has 1 fully saturated rings. The van der Waals surface area contributed by atoms with Gasteiger partial charge < -0.3 is 9.64 Å². The minimum atomic E-state index is -0.434. The van der Waals surface area contributed by atoms with E-state index in [9.17, 15) is 9.18 Å². The lowest BCUT2D eigenvalue weighted by Gasteiger charge is -2.19.